The molecular weight excluding hydrogens is 181 g/mol. The quantitative estimate of drug-likeness (QED) is 0.748. The normalized spacial score (nSPS) is 26.3. The molecule has 0 spiro atoms. The van der Waals surface area contributed by atoms with E-state index in [0.29, 0.717) is 6.61 Å². The summed E-state index contributed by atoms with van der Waals surface area (Å²) in [6.07, 6.45) is 4.80. The molecule has 0 atom stereocenters. The van der Waals surface area contributed by atoms with Crippen molar-refractivity contribution in [1.82, 2.24) is 4.90 Å². The van der Waals surface area contributed by atoms with Crippen LogP contribution in [-0.4, -0.2) is 36.2 Å². The summed E-state index contributed by atoms with van der Waals surface area (Å²) in [6.45, 7) is 3.23. The van der Waals surface area contributed by atoms with Gasteiger partial charge in [-0.15, -0.1) is 0 Å². The third-order valence-electron chi connectivity index (χ3n) is 3.50. The van der Waals surface area contributed by atoms with Gasteiger partial charge in [-0.05, 0) is 31.3 Å². The summed E-state index contributed by atoms with van der Waals surface area (Å²) in [4.78, 5) is 2.36. The van der Waals surface area contributed by atoms with Gasteiger partial charge in [0.1, 0.15) is 0 Å². The summed E-state index contributed by atoms with van der Waals surface area (Å²) < 4.78 is 12.2. The van der Waals surface area contributed by atoms with Crippen LogP contribution in [0, 0.1) is 5.41 Å². The first-order valence-electron chi connectivity index (χ1n) is 5.39. The Morgan fingerprint density at radius 1 is 1.36 bits per heavy atom. The van der Waals surface area contributed by atoms with Gasteiger partial charge in [0.2, 0.25) is 0 Å². The Morgan fingerprint density at radius 3 is 2.43 bits per heavy atom. The Balaban J connectivity index is 1.79. The fraction of sp³-hybridized carbons (Fsp3) is 0.818. The van der Waals surface area contributed by atoms with Crippen molar-refractivity contribution in [1.29, 1.82) is 0 Å². The molecule has 2 fully saturated rings. The van der Waals surface area contributed by atoms with Gasteiger partial charge >= 0.3 is 0 Å². The lowest BCUT2D eigenvalue weighted by Gasteiger charge is -2.30. The summed E-state index contributed by atoms with van der Waals surface area (Å²) >= 11 is 0. The van der Waals surface area contributed by atoms with E-state index in [1.165, 1.54) is 0 Å². The summed E-state index contributed by atoms with van der Waals surface area (Å²) in [5, 5.41) is 9.19. The van der Waals surface area contributed by atoms with Crippen molar-refractivity contribution in [2.75, 3.05) is 26.2 Å². The van der Waals surface area contributed by atoms with E-state index >= 15 is 0 Å². The molecule has 0 bridgehead atoms. The minimum atomic E-state index is 0.205. The van der Waals surface area contributed by atoms with Crippen LogP contribution in [0.15, 0.2) is 11.9 Å². The van der Waals surface area contributed by atoms with Crippen LogP contribution in [0.3, 0.4) is 0 Å². The first-order valence-corrected chi connectivity index (χ1v) is 5.39. The molecule has 1 saturated carbocycles. The molecular formula is C11H18FNO. The number of rotatable bonds is 3. The van der Waals surface area contributed by atoms with Crippen LogP contribution >= 0.6 is 0 Å². The van der Waals surface area contributed by atoms with E-state index in [1.807, 2.05) is 0 Å². The van der Waals surface area contributed by atoms with Gasteiger partial charge in [-0.3, -0.25) is 0 Å². The monoisotopic (exact) mass is 199 g/mol. The van der Waals surface area contributed by atoms with Gasteiger partial charge < -0.3 is 10.0 Å². The van der Waals surface area contributed by atoms with Gasteiger partial charge in [0, 0.05) is 31.7 Å². The molecule has 0 amide bonds. The smallest absolute Gasteiger partial charge is 0.0859 e. The maximum absolute atomic E-state index is 12.2. The molecule has 2 nitrogen and oxygen atoms in total. The number of hydrogen-bond acceptors (Lipinski definition) is 2. The molecule has 14 heavy (non-hydrogen) atoms. The van der Waals surface area contributed by atoms with Crippen LogP contribution in [0.4, 0.5) is 4.39 Å². The standard InChI is InChI=1S/C11H18FNO/c12-7-10-1-5-13(6-2-10)8-11(9-14)3-4-11/h7,14H,1-6,8-9H2. The summed E-state index contributed by atoms with van der Waals surface area (Å²) in [7, 11) is 0. The number of likely N-dealkylation sites (tertiary alicyclic amines) is 1. The molecule has 2 rings (SSSR count). The Bertz CT molecular complexity index is 225. The number of hydrogen-bond donors (Lipinski definition) is 1. The fourth-order valence-electron chi connectivity index (χ4n) is 2.12. The van der Waals surface area contributed by atoms with Gasteiger partial charge in [-0.25, -0.2) is 4.39 Å². The van der Waals surface area contributed by atoms with Crippen LogP contribution in [0.2, 0.25) is 0 Å². The molecule has 1 aliphatic carbocycles. The largest absolute Gasteiger partial charge is 0.396 e. The van der Waals surface area contributed by atoms with E-state index in [4.69, 9.17) is 0 Å². The van der Waals surface area contributed by atoms with Gasteiger partial charge in [-0.2, -0.15) is 0 Å². The van der Waals surface area contributed by atoms with Crippen LogP contribution < -0.4 is 0 Å². The first-order chi connectivity index (χ1) is 6.78. The highest BCUT2D eigenvalue weighted by Crippen LogP contribution is 2.45. The third kappa shape index (κ3) is 2.15. The summed E-state index contributed by atoms with van der Waals surface area (Å²) in [5.41, 5.74) is 1.15. The maximum Gasteiger partial charge on any atom is 0.0859 e. The number of nitrogens with zero attached hydrogens (tertiary/aromatic N) is 1. The Morgan fingerprint density at radius 2 is 2.00 bits per heavy atom. The molecule has 1 saturated heterocycles. The van der Waals surface area contributed by atoms with Crippen molar-refractivity contribution in [3.63, 3.8) is 0 Å². The number of piperidine rings is 1. The molecule has 0 radical (unpaired) electrons. The fourth-order valence-corrected chi connectivity index (χ4v) is 2.12. The van der Waals surface area contributed by atoms with Crippen LogP contribution in [0.5, 0.6) is 0 Å². The summed E-state index contributed by atoms with van der Waals surface area (Å²) in [6, 6.07) is 0. The van der Waals surface area contributed by atoms with Crippen LogP contribution in [0.1, 0.15) is 25.7 Å². The number of aliphatic hydroxyl groups is 1. The Kier molecular flexibility index (Phi) is 2.88. The minimum absolute atomic E-state index is 0.205. The van der Waals surface area contributed by atoms with E-state index in [1.54, 1.807) is 0 Å². The molecule has 1 N–H and O–H groups in total. The van der Waals surface area contributed by atoms with E-state index in [0.717, 1.165) is 57.2 Å². The SMILES string of the molecule is OCC1(CN2CCC(=CF)CC2)CC1. The average molecular weight is 199 g/mol. The Hall–Kier alpha value is -0.410. The zero-order valence-electron chi connectivity index (χ0n) is 8.51. The van der Waals surface area contributed by atoms with Crippen molar-refractivity contribution in [2.24, 2.45) is 5.41 Å². The van der Waals surface area contributed by atoms with Gasteiger partial charge in [0.15, 0.2) is 0 Å². The molecule has 2 aliphatic rings. The predicted molar refractivity (Wildman–Crippen MR) is 53.6 cm³/mol. The van der Waals surface area contributed by atoms with Crippen molar-refractivity contribution in [3.05, 3.63) is 11.9 Å². The summed E-state index contributed by atoms with van der Waals surface area (Å²) in [5.74, 6) is 0. The lowest BCUT2D eigenvalue weighted by atomic mass is 10.0. The topological polar surface area (TPSA) is 23.5 Å². The van der Waals surface area contributed by atoms with Gasteiger partial charge in [0.05, 0.1) is 6.33 Å². The molecule has 0 aromatic heterocycles. The minimum Gasteiger partial charge on any atom is -0.396 e. The predicted octanol–water partition coefficient (Wildman–Crippen LogP) is 1.71. The zero-order valence-corrected chi connectivity index (χ0v) is 8.51. The number of halogens is 1. The Labute approximate surface area is 84.4 Å². The number of aliphatic hydroxyl groups excluding tert-OH is 1. The molecule has 0 unspecified atom stereocenters. The van der Waals surface area contributed by atoms with E-state index in [9.17, 15) is 9.50 Å². The van der Waals surface area contributed by atoms with Gasteiger partial charge in [0.25, 0.3) is 0 Å². The maximum atomic E-state index is 12.2. The van der Waals surface area contributed by atoms with Crippen LogP contribution in [-0.2, 0) is 0 Å². The van der Waals surface area contributed by atoms with Crippen molar-refractivity contribution in [2.45, 2.75) is 25.7 Å². The molecule has 1 heterocycles. The first kappa shape index (κ1) is 10.1. The van der Waals surface area contributed by atoms with E-state index in [2.05, 4.69) is 4.90 Å². The second-order valence-corrected chi connectivity index (χ2v) is 4.70. The molecule has 0 aromatic carbocycles. The molecule has 0 aromatic rings. The second kappa shape index (κ2) is 3.99. The highest BCUT2D eigenvalue weighted by Gasteiger charge is 2.43. The highest BCUT2D eigenvalue weighted by atomic mass is 19.1. The lowest BCUT2D eigenvalue weighted by Crippen LogP contribution is -2.36. The third-order valence-corrected chi connectivity index (χ3v) is 3.50. The second-order valence-electron chi connectivity index (χ2n) is 4.70. The van der Waals surface area contributed by atoms with Crippen molar-refractivity contribution < 1.29 is 9.50 Å². The van der Waals surface area contributed by atoms with Crippen molar-refractivity contribution in [3.8, 4) is 0 Å². The molecule has 3 heteroatoms. The van der Waals surface area contributed by atoms with E-state index in [-0.39, 0.29) is 5.41 Å². The molecule has 1 aliphatic heterocycles. The lowest BCUT2D eigenvalue weighted by molar-refractivity contribution is 0.142. The average Bonchev–Trinajstić information content (AvgIpc) is 3.00. The van der Waals surface area contributed by atoms with Gasteiger partial charge in [-0.1, -0.05) is 0 Å². The van der Waals surface area contributed by atoms with Crippen LogP contribution in [0.25, 0.3) is 0 Å². The zero-order chi connectivity index (χ0) is 10.0. The molecule has 80 valence electrons. The van der Waals surface area contributed by atoms with Crippen molar-refractivity contribution >= 4 is 0 Å². The van der Waals surface area contributed by atoms with E-state index < -0.39 is 0 Å². The highest BCUT2D eigenvalue weighted by molar-refractivity contribution is 5.03.